The van der Waals surface area contributed by atoms with Crippen LogP contribution in [0.2, 0.25) is 0 Å². The Morgan fingerprint density at radius 2 is 1.51 bits per heavy atom. The number of ether oxygens (including phenoxy) is 1. The molecule has 0 aromatic heterocycles. The van der Waals surface area contributed by atoms with Crippen LogP contribution in [0.5, 0.6) is 0 Å². The maximum atomic E-state index is 14.0. The molecule has 2 aliphatic rings. The fourth-order valence-corrected chi connectivity index (χ4v) is 4.99. The van der Waals surface area contributed by atoms with Crippen LogP contribution >= 0.6 is 0 Å². The SMILES string of the molecule is CNC(=O)C(=O)C(CC1CC1)NC(=O)C1[C@@H](C)CCN1C(=O)C(NC(=O)N[C@H](COC(=O)N(C)C)C(C)(C)C)C(C)(C)C. The van der Waals surface area contributed by atoms with Gasteiger partial charge in [-0.05, 0) is 35.5 Å². The Bertz CT molecular complexity index is 1060. The predicted molar refractivity (Wildman–Crippen MR) is 161 cm³/mol. The van der Waals surface area contributed by atoms with Gasteiger partial charge in [-0.25, -0.2) is 9.59 Å². The number of hydrogen-bond acceptors (Lipinski definition) is 7. The van der Waals surface area contributed by atoms with E-state index in [-0.39, 0.29) is 18.4 Å². The molecule has 43 heavy (non-hydrogen) atoms. The first kappa shape index (κ1) is 35.8. The van der Waals surface area contributed by atoms with Crippen LogP contribution in [0.4, 0.5) is 9.59 Å². The van der Waals surface area contributed by atoms with E-state index in [1.165, 1.54) is 16.8 Å². The Morgan fingerprint density at radius 1 is 0.907 bits per heavy atom. The summed E-state index contributed by atoms with van der Waals surface area (Å²) in [5, 5.41) is 10.8. The van der Waals surface area contributed by atoms with Crippen molar-refractivity contribution in [3.05, 3.63) is 0 Å². The van der Waals surface area contributed by atoms with Gasteiger partial charge in [0.2, 0.25) is 17.6 Å². The molecule has 1 saturated heterocycles. The van der Waals surface area contributed by atoms with E-state index in [2.05, 4.69) is 21.3 Å². The van der Waals surface area contributed by atoms with Crippen LogP contribution in [0.25, 0.3) is 0 Å². The molecule has 1 saturated carbocycles. The van der Waals surface area contributed by atoms with E-state index in [1.807, 2.05) is 48.5 Å². The molecule has 1 aliphatic carbocycles. The van der Waals surface area contributed by atoms with E-state index in [4.69, 9.17) is 4.74 Å². The summed E-state index contributed by atoms with van der Waals surface area (Å²) >= 11 is 0. The lowest BCUT2D eigenvalue weighted by molar-refractivity contribution is -0.144. The summed E-state index contributed by atoms with van der Waals surface area (Å²) in [6, 6.07) is -3.99. The second-order valence-corrected chi connectivity index (χ2v) is 14.2. The second-order valence-electron chi connectivity index (χ2n) is 14.2. The summed E-state index contributed by atoms with van der Waals surface area (Å²) in [5.74, 6) is -2.32. The Kier molecular flexibility index (Phi) is 12.0. The van der Waals surface area contributed by atoms with E-state index >= 15 is 0 Å². The van der Waals surface area contributed by atoms with E-state index < -0.39 is 70.6 Å². The van der Waals surface area contributed by atoms with Crippen molar-refractivity contribution in [2.45, 2.75) is 98.3 Å². The largest absolute Gasteiger partial charge is 0.447 e. The highest BCUT2D eigenvalue weighted by atomic mass is 16.6. The number of urea groups is 1. The average molecular weight is 609 g/mol. The summed E-state index contributed by atoms with van der Waals surface area (Å²) in [6.07, 6.45) is 2.27. The number of likely N-dealkylation sites (tertiary alicyclic amines) is 1. The molecule has 0 spiro atoms. The highest BCUT2D eigenvalue weighted by Gasteiger charge is 2.46. The van der Waals surface area contributed by atoms with Crippen molar-refractivity contribution in [2.24, 2.45) is 22.7 Å². The summed E-state index contributed by atoms with van der Waals surface area (Å²) < 4.78 is 5.32. The molecule has 0 bridgehead atoms. The van der Waals surface area contributed by atoms with Crippen LogP contribution in [0.15, 0.2) is 0 Å². The Labute approximate surface area is 255 Å². The van der Waals surface area contributed by atoms with Crippen LogP contribution < -0.4 is 21.3 Å². The normalized spacial score (nSPS) is 20.7. The number of amides is 6. The Hall–Kier alpha value is -3.38. The molecule has 6 amide bonds. The number of carbonyl (C=O) groups excluding carboxylic acids is 6. The van der Waals surface area contributed by atoms with Gasteiger partial charge in [-0.2, -0.15) is 0 Å². The van der Waals surface area contributed by atoms with Crippen LogP contribution in [0.3, 0.4) is 0 Å². The van der Waals surface area contributed by atoms with E-state index in [1.54, 1.807) is 14.1 Å². The van der Waals surface area contributed by atoms with Gasteiger partial charge in [-0.15, -0.1) is 0 Å². The van der Waals surface area contributed by atoms with Gasteiger partial charge in [-0.3, -0.25) is 19.2 Å². The minimum atomic E-state index is -0.993. The lowest BCUT2D eigenvalue weighted by Gasteiger charge is -2.37. The van der Waals surface area contributed by atoms with Crippen molar-refractivity contribution in [3.8, 4) is 0 Å². The number of Topliss-reactive ketones (excluding diaryl/α,β-unsaturated/α-hetero) is 1. The van der Waals surface area contributed by atoms with Gasteiger partial charge < -0.3 is 35.8 Å². The van der Waals surface area contributed by atoms with Gasteiger partial charge in [0.1, 0.15) is 18.7 Å². The Balaban J connectivity index is 2.21. The summed E-state index contributed by atoms with van der Waals surface area (Å²) in [4.78, 5) is 80.4. The summed E-state index contributed by atoms with van der Waals surface area (Å²) in [5.41, 5.74) is -1.19. The second kappa shape index (κ2) is 14.4. The van der Waals surface area contributed by atoms with Crippen LogP contribution in [0, 0.1) is 22.7 Å². The van der Waals surface area contributed by atoms with E-state index in [0.717, 1.165) is 12.8 Å². The van der Waals surface area contributed by atoms with E-state index in [0.29, 0.717) is 19.4 Å². The van der Waals surface area contributed by atoms with Gasteiger partial charge in [0.05, 0.1) is 12.1 Å². The minimum Gasteiger partial charge on any atom is -0.447 e. The maximum Gasteiger partial charge on any atom is 0.409 e. The molecule has 0 aromatic rings. The van der Waals surface area contributed by atoms with E-state index in [9.17, 15) is 28.8 Å². The molecule has 244 valence electrons. The third-order valence-electron chi connectivity index (χ3n) is 8.08. The van der Waals surface area contributed by atoms with Gasteiger partial charge in [0.25, 0.3) is 5.91 Å². The molecule has 1 aliphatic heterocycles. The first-order chi connectivity index (χ1) is 19.8. The highest BCUT2D eigenvalue weighted by molar-refractivity contribution is 6.38. The van der Waals surface area contributed by atoms with Crippen LogP contribution in [0.1, 0.15) is 74.1 Å². The molecule has 2 fully saturated rings. The zero-order valence-corrected chi connectivity index (χ0v) is 27.5. The van der Waals surface area contributed by atoms with Crippen molar-refractivity contribution >= 4 is 35.6 Å². The molecule has 0 radical (unpaired) electrons. The minimum absolute atomic E-state index is 0.0647. The molecule has 13 heteroatoms. The monoisotopic (exact) mass is 608 g/mol. The molecule has 2 rings (SSSR count). The molecule has 5 atom stereocenters. The molecular weight excluding hydrogens is 556 g/mol. The zero-order chi connectivity index (χ0) is 32.9. The zero-order valence-electron chi connectivity index (χ0n) is 27.5. The number of likely N-dealkylation sites (N-methyl/N-ethyl adjacent to an activating group) is 1. The van der Waals surface area contributed by atoms with Crippen molar-refractivity contribution in [2.75, 3.05) is 34.3 Å². The molecule has 3 unspecified atom stereocenters. The highest BCUT2D eigenvalue weighted by Crippen LogP contribution is 2.34. The third kappa shape index (κ3) is 10.1. The topological polar surface area (TPSA) is 166 Å². The summed E-state index contributed by atoms with van der Waals surface area (Å²) in [6.45, 7) is 13.2. The lowest BCUT2D eigenvalue weighted by Crippen LogP contribution is -2.62. The van der Waals surface area contributed by atoms with Crippen LogP contribution in [-0.4, -0.2) is 104 Å². The number of carbonyl (C=O) groups is 6. The first-order valence-electron chi connectivity index (χ1n) is 15.1. The van der Waals surface area contributed by atoms with Crippen molar-refractivity contribution < 1.29 is 33.5 Å². The van der Waals surface area contributed by atoms with Crippen LogP contribution in [-0.2, 0) is 23.9 Å². The average Bonchev–Trinajstić information content (AvgIpc) is 3.64. The Morgan fingerprint density at radius 3 is 2.00 bits per heavy atom. The number of nitrogens with one attached hydrogen (secondary N) is 4. The molecule has 4 N–H and O–H groups in total. The van der Waals surface area contributed by atoms with Gasteiger partial charge >= 0.3 is 12.1 Å². The number of rotatable bonds is 11. The smallest absolute Gasteiger partial charge is 0.409 e. The molecule has 13 nitrogen and oxygen atoms in total. The molecular formula is C30H52N6O7. The molecule has 1 heterocycles. The first-order valence-corrected chi connectivity index (χ1v) is 15.1. The third-order valence-corrected chi connectivity index (χ3v) is 8.08. The number of ketones is 1. The fraction of sp³-hybridized carbons (Fsp3) is 0.800. The quantitative estimate of drug-likeness (QED) is 0.259. The van der Waals surface area contributed by atoms with Gasteiger partial charge in [-0.1, -0.05) is 61.3 Å². The number of nitrogens with zero attached hydrogens (tertiary/aromatic N) is 2. The van der Waals surface area contributed by atoms with Gasteiger partial charge in [0.15, 0.2) is 0 Å². The van der Waals surface area contributed by atoms with Crippen molar-refractivity contribution in [1.29, 1.82) is 0 Å². The number of hydrogen-bond donors (Lipinski definition) is 4. The fourth-order valence-electron chi connectivity index (χ4n) is 4.99. The van der Waals surface area contributed by atoms with Crippen molar-refractivity contribution in [1.82, 2.24) is 31.1 Å². The lowest BCUT2D eigenvalue weighted by atomic mass is 9.85. The van der Waals surface area contributed by atoms with Gasteiger partial charge in [0, 0.05) is 27.7 Å². The maximum absolute atomic E-state index is 14.0. The van der Waals surface area contributed by atoms with Crippen molar-refractivity contribution in [3.63, 3.8) is 0 Å². The predicted octanol–water partition coefficient (Wildman–Crippen LogP) is 1.65. The standard InChI is InChI=1S/C30H52N6O7/c1-17-13-14-36(21(17)24(38)32-19(15-18-11-12-18)22(37)25(39)31-8)26(40)23(30(5,6)7)34-27(41)33-20(29(2,3)4)16-43-28(42)35(9)10/h17-21,23H,11-16H2,1-10H3,(H,31,39)(H,32,38)(H2,33,34,41)/t17-,19?,20+,21?,23?/m0/s1. The summed E-state index contributed by atoms with van der Waals surface area (Å²) in [7, 11) is 4.49. The molecule has 0 aromatic carbocycles.